The fraction of sp³-hybridized carbons (Fsp3) is 0.705. The number of amides is 2. The molecule has 3 fully saturated rings. The number of hydrogen-bond donors (Lipinski definition) is 1. The van der Waals surface area contributed by atoms with Gasteiger partial charge in [-0.05, 0) is 81.8 Å². The summed E-state index contributed by atoms with van der Waals surface area (Å²) in [4.78, 5) is 56.3. The molecule has 2 amide bonds. The number of aromatic nitrogens is 3. The van der Waals surface area contributed by atoms with Crippen molar-refractivity contribution in [2.75, 3.05) is 6.54 Å². The van der Waals surface area contributed by atoms with Gasteiger partial charge in [0.2, 0.25) is 21.8 Å². The Morgan fingerprint density at radius 1 is 1.04 bits per heavy atom. The van der Waals surface area contributed by atoms with Gasteiger partial charge in [-0.1, -0.05) is 80.2 Å². The molecule has 2 spiro atoms. The smallest absolute Gasteiger partial charge is 0.297 e. The fourth-order valence-corrected chi connectivity index (χ4v) is 12.3. The van der Waals surface area contributed by atoms with Crippen LogP contribution in [0.1, 0.15) is 155 Å². The number of likely N-dealkylation sites (tertiary alicyclic amines) is 1. The van der Waals surface area contributed by atoms with Crippen LogP contribution in [0.4, 0.5) is 0 Å². The molecule has 4 aliphatic rings. The summed E-state index contributed by atoms with van der Waals surface area (Å²) in [5, 5.41) is 0.926. The van der Waals surface area contributed by atoms with Gasteiger partial charge >= 0.3 is 0 Å². The molecule has 7 rings (SSSR count). The summed E-state index contributed by atoms with van der Waals surface area (Å²) in [5.41, 5.74) is 2.33. The molecule has 4 heterocycles. The zero-order chi connectivity index (χ0) is 41.2. The lowest BCUT2D eigenvalue weighted by Crippen LogP contribution is -2.48. The van der Waals surface area contributed by atoms with Crippen LogP contribution in [0.2, 0.25) is 0 Å². The Labute approximate surface area is 343 Å². The van der Waals surface area contributed by atoms with Crippen LogP contribution in [0.15, 0.2) is 18.2 Å². The number of imidazole rings is 1. The molecule has 2 aromatic heterocycles. The van der Waals surface area contributed by atoms with Crippen LogP contribution in [0.3, 0.4) is 0 Å². The van der Waals surface area contributed by atoms with Crippen molar-refractivity contribution >= 4 is 50.0 Å². The van der Waals surface area contributed by atoms with Gasteiger partial charge in [-0.25, -0.2) is 13.4 Å². The molecular formula is C44H63N5O6S2. The highest BCUT2D eigenvalue weighted by Crippen LogP contribution is 2.58. The Balaban J connectivity index is 1.29. The molecule has 0 radical (unpaired) electrons. The van der Waals surface area contributed by atoms with Gasteiger partial charge in [-0.3, -0.25) is 23.7 Å². The third kappa shape index (κ3) is 7.80. The maximum atomic E-state index is 14.6. The van der Waals surface area contributed by atoms with E-state index in [9.17, 15) is 22.8 Å². The highest BCUT2D eigenvalue weighted by molar-refractivity contribution is 7.91. The van der Waals surface area contributed by atoms with Crippen molar-refractivity contribution in [2.45, 2.75) is 168 Å². The molecule has 0 unspecified atom stereocenters. The summed E-state index contributed by atoms with van der Waals surface area (Å²) in [7, 11) is -3.95. The van der Waals surface area contributed by atoms with Crippen LogP contribution in [-0.2, 0) is 30.8 Å². The van der Waals surface area contributed by atoms with E-state index >= 15 is 0 Å². The number of rotatable bonds is 4. The number of sulfonamides is 1. The number of hydrogen-bond acceptors (Lipinski definition) is 9. The number of nitrogens with zero attached hydrogens (tertiary/aromatic N) is 4. The van der Waals surface area contributed by atoms with Gasteiger partial charge in [-0.15, -0.1) is 11.3 Å². The molecule has 3 aromatic rings. The standard InChI is InChI=1S/C44H63N5O6S2/c1-10-29-23-44(29)24-34(50)33-22-30(25-48(33)39(51)28(6)42(7,8)9)55-41-46-37-31(16-15-17-32(37)49(41)27(4)5)38-45-36(26(2)3)35(56-38)18-13-11-12-14-19-43(20-21-43)57(53,54)47-40(44)52/h15-17,26-30,33H,10-14,18-25H2,1-9H3,(H,47,52)/t28-,29-,30-,33+,44-/m1/s1. The zero-order valence-corrected chi connectivity index (χ0v) is 37.1. The first kappa shape index (κ1) is 41.8. The molecule has 1 aromatic carbocycles. The molecule has 2 aliphatic heterocycles. The zero-order valence-electron chi connectivity index (χ0n) is 35.4. The van der Waals surface area contributed by atoms with Crippen molar-refractivity contribution in [3.8, 4) is 16.6 Å². The van der Waals surface area contributed by atoms with E-state index in [1.54, 1.807) is 16.2 Å². The number of Topliss-reactive ketones (excluding diaryl/α,β-unsaturated/α-hetero) is 1. The van der Waals surface area contributed by atoms with E-state index in [0.29, 0.717) is 38.1 Å². The van der Waals surface area contributed by atoms with E-state index in [2.05, 4.69) is 49.1 Å². The lowest BCUT2D eigenvalue weighted by molar-refractivity contribution is -0.144. The summed E-state index contributed by atoms with van der Waals surface area (Å²) in [6.07, 6.45) is 6.83. The second-order valence-electron chi connectivity index (χ2n) is 19.2. The summed E-state index contributed by atoms with van der Waals surface area (Å²) in [5.74, 6) is -1.17. The number of ether oxygens (including phenoxy) is 1. The maximum Gasteiger partial charge on any atom is 0.297 e. The fourth-order valence-electron chi connectivity index (χ4n) is 9.29. The van der Waals surface area contributed by atoms with Crippen molar-refractivity contribution in [3.05, 3.63) is 28.8 Å². The van der Waals surface area contributed by atoms with Crippen molar-refractivity contribution in [1.29, 1.82) is 0 Å². The van der Waals surface area contributed by atoms with Crippen LogP contribution in [-0.4, -0.2) is 68.9 Å². The van der Waals surface area contributed by atoms with E-state index in [1.165, 1.54) is 4.88 Å². The molecule has 2 saturated carbocycles. The average Bonchev–Trinajstić information content (AvgIpc) is 3.91. The predicted molar refractivity (Wildman–Crippen MR) is 225 cm³/mol. The van der Waals surface area contributed by atoms with Gasteiger partial charge in [0.15, 0.2) is 5.78 Å². The summed E-state index contributed by atoms with van der Waals surface area (Å²) in [6.45, 7) is 18.7. The van der Waals surface area contributed by atoms with Crippen LogP contribution >= 0.6 is 11.3 Å². The molecule has 6 bridgehead atoms. The second-order valence-corrected chi connectivity index (χ2v) is 22.4. The Morgan fingerprint density at radius 2 is 1.75 bits per heavy atom. The van der Waals surface area contributed by atoms with E-state index in [-0.39, 0.29) is 60.3 Å². The van der Waals surface area contributed by atoms with Gasteiger partial charge < -0.3 is 9.64 Å². The Morgan fingerprint density at radius 3 is 2.39 bits per heavy atom. The Hall–Kier alpha value is -3.32. The lowest BCUT2D eigenvalue weighted by Gasteiger charge is -2.33. The van der Waals surface area contributed by atoms with Crippen molar-refractivity contribution in [1.82, 2.24) is 24.2 Å². The minimum atomic E-state index is -3.95. The van der Waals surface area contributed by atoms with E-state index < -0.39 is 38.2 Å². The molecule has 13 heteroatoms. The number of fused-ring (bicyclic) bond motifs is 6. The minimum absolute atomic E-state index is 0.00345. The molecule has 312 valence electrons. The largest absolute Gasteiger partial charge is 0.459 e. The lowest BCUT2D eigenvalue weighted by atomic mass is 9.81. The monoisotopic (exact) mass is 821 g/mol. The quantitative estimate of drug-likeness (QED) is 0.276. The molecule has 5 atom stereocenters. The molecule has 1 saturated heterocycles. The summed E-state index contributed by atoms with van der Waals surface area (Å²) >= 11 is 1.72. The van der Waals surface area contributed by atoms with Crippen LogP contribution in [0.25, 0.3) is 21.6 Å². The number of thiazole rings is 1. The third-order valence-electron chi connectivity index (χ3n) is 13.6. The number of aryl methyl sites for hydroxylation is 1. The maximum absolute atomic E-state index is 14.6. The molecule has 1 N–H and O–H groups in total. The van der Waals surface area contributed by atoms with Crippen LogP contribution in [0.5, 0.6) is 6.01 Å². The van der Waals surface area contributed by atoms with Crippen LogP contribution in [0, 0.1) is 22.7 Å². The van der Waals surface area contributed by atoms with Crippen molar-refractivity contribution in [2.24, 2.45) is 22.7 Å². The predicted octanol–water partition coefficient (Wildman–Crippen LogP) is 8.76. The minimum Gasteiger partial charge on any atom is -0.459 e. The molecular weight excluding hydrogens is 759 g/mol. The number of carbonyl (C=O) groups is 3. The molecule has 57 heavy (non-hydrogen) atoms. The van der Waals surface area contributed by atoms with Gasteiger partial charge in [0.05, 0.1) is 34.0 Å². The number of para-hydroxylation sites is 1. The highest BCUT2D eigenvalue weighted by atomic mass is 32.2. The SMILES string of the molecule is CC[C@@H]1C[C@@]12CC(=O)[C@@H]1C[C@H](CN1C(=O)[C@@H](C)C(C)(C)C)Oc1nc3c(cccc3n1C(C)C)-c1nc(C(C)C)c(s1)CCCCCCC1(CC1)S(=O)(=O)NC2=O. The van der Waals surface area contributed by atoms with Gasteiger partial charge in [-0.2, -0.15) is 4.98 Å². The second kappa shape index (κ2) is 15.4. The summed E-state index contributed by atoms with van der Waals surface area (Å²) in [6, 6.07) is 5.80. The van der Waals surface area contributed by atoms with Gasteiger partial charge in [0.1, 0.15) is 16.6 Å². The van der Waals surface area contributed by atoms with Gasteiger partial charge in [0, 0.05) is 35.2 Å². The third-order valence-corrected chi connectivity index (χ3v) is 17.0. The topological polar surface area (TPSA) is 141 Å². The van der Waals surface area contributed by atoms with Crippen molar-refractivity contribution < 1.29 is 27.5 Å². The first-order valence-electron chi connectivity index (χ1n) is 21.4. The number of nitrogens with one attached hydrogen (secondary N) is 1. The molecule has 11 nitrogen and oxygen atoms in total. The van der Waals surface area contributed by atoms with E-state index in [1.807, 2.05) is 40.7 Å². The van der Waals surface area contributed by atoms with E-state index in [4.69, 9.17) is 14.7 Å². The normalized spacial score (nSPS) is 27.2. The average molecular weight is 822 g/mol. The van der Waals surface area contributed by atoms with Crippen molar-refractivity contribution in [3.63, 3.8) is 0 Å². The van der Waals surface area contributed by atoms with Crippen LogP contribution < -0.4 is 9.46 Å². The van der Waals surface area contributed by atoms with Gasteiger partial charge in [0.25, 0.3) is 6.01 Å². The highest BCUT2D eigenvalue weighted by Gasteiger charge is 2.63. The summed E-state index contributed by atoms with van der Waals surface area (Å²) < 4.78 is 38.3. The molecule has 2 aliphatic carbocycles. The number of benzene rings is 1. The Kier molecular flexibility index (Phi) is 11.3. The first-order chi connectivity index (χ1) is 26.8. The first-order valence-corrected chi connectivity index (χ1v) is 23.7. The Bertz CT molecular complexity index is 2140. The number of ketones is 1. The number of carbonyl (C=O) groups excluding carboxylic acids is 3. The van der Waals surface area contributed by atoms with E-state index in [0.717, 1.165) is 59.4 Å².